The molecule has 1 N–H and O–H groups in total. The molecule has 2 atom stereocenters. The van der Waals surface area contributed by atoms with Gasteiger partial charge in [0.15, 0.2) is 0 Å². The van der Waals surface area contributed by atoms with Crippen LogP contribution in [0.1, 0.15) is 16.8 Å². The predicted molar refractivity (Wildman–Crippen MR) is 90.2 cm³/mol. The summed E-state index contributed by atoms with van der Waals surface area (Å²) >= 11 is 0. The molecule has 1 aromatic carbocycles. The predicted octanol–water partition coefficient (Wildman–Crippen LogP) is 0.693. The summed E-state index contributed by atoms with van der Waals surface area (Å²) in [7, 11) is 0.714. The number of anilines is 1. The summed E-state index contributed by atoms with van der Waals surface area (Å²) in [6.45, 7) is 0.424. The van der Waals surface area contributed by atoms with Crippen LogP contribution in [-0.4, -0.2) is 44.6 Å². The third-order valence-electron chi connectivity index (χ3n) is 3.91. The van der Waals surface area contributed by atoms with Gasteiger partial charge in [-0.2, -0.15) is 5.10 Å². The zero-order chi connectivity index (χ0) is 17.3. The molecule has 0 saturated carbocycles. The first-order valence-electron chi connectivity index (χ1n) is 7.47. The van der Waals surface area contributed by atoms with E-state index in [4.69, 9.17) is 0 Å². The first-order valence-corrected chi connectivity index (χ1v) is 9.03. The van der Waals surface area contributed by atoms with Gasteiger partial charge >= 0.3 is 0 Å². The average Bonchev–Trinajstić information content (AvgIpc) is 3.13. The van der Waals surface area contributed by atoms with Gasteiger partial charge in [0, 0.05) is 53.7 Å². The van der Waals surface area contributed by atoms with E-state index in [0.717, 1.165) is 5.69 Å². The molecule has 2 unspecified atom stereocenters. The lowest BCUT2D eigenvalue weighted by molar-refractivity contribution is -0.117. The van der Waals surface area contributed by atoms with E-state index in [0.29, 0.717) is 17.0 Å². The molecule has 0 bridgehead atoms. The molecule has 0 aliphatic carbocycles. The molecular weight excluding hydrogens is 328 g/mol. The molecule has 7 nitrogen and oxygen atoms in total. The van der Waals surface area contributed by atoms with Gasteiger partial charge in [-0.25, -0.2) is 0 Å². The number of benzene rings is 1. The molecule has 3 rings (SSSR count). The van der Waals surface area contributed by atoms with Crippen LogP contribution in [0.25, 0.3) is 0 Å². The molecule has 24 heavy (non-hydrogen) atoms. The number of nitrogens with one attached hydrogen (secondary N) is 1. The van der Waals surface area contributed by atoms with Crippen LogP contribution in [0.2, 0.25) is 0 Å². The van der Waals surface area contributed by atoms with Gasteiger partial charge < -0.3 is 10.2 Å². The van der Waals surface area contributed by atoms with Crippen LogP contribution < -0.4 is 10.2 Å². The van der Waals surface area contributed by atoms with E-state index in [-0.39, 0.29) is 24.3 Å². The maximum absolute atomic E-state index is 12.3. The summed E-state index contributed by atoms with van der Waals surface area (Å²) in [4.78, 5) is 26.7. The van der Waals surface area contributed by atoms with Crippen LogP contribution >= 0.6 is 0 Å². The van der Waals surface area contributed by atoms with Crippen LogP contribution in [0.5, 0.6) is 0 Å². The minimum absolute atomic E-state index is 0.0370. The summed E-state index contributed by atoms with van der Waals surface area (Å²) in [6, 6.07) is 6.38. The van der Waals surface area contributed by atoms with Crippen LogP contribution in [0.3, 0.4) is 0 Å². The number of hydrogen-bond acceptors (Lipinski definition) is 4. The summed E-state index contributed by atoms with van der Waals surface area (Å²) < 4.78 is 13.0. The summed E-state index contributed by atoms with van der Waals surface area (Å²) in [5.74, 6) is -0.278. The lowest BCUT2D eigenvalue weighted by atomic mass is 10.2. The number of rotatable bonds is 4. The first kappa shape index (κ1) is 16.4. The highest BCUT2D eigenvalue weighted by molar-refractivity contribution is 7.84. The third kappa shape index (κ3) is 3.38. The fourth-order valence-corrected chi connectivity index (χ4v) is 3.19. The molecule has 1 aliphatic rings. The zero-order valence-electron chi connectivity index (χ0n) is 13.4. The van der Waals surface area contributed by atoms with Crippen molar-refractivity contribution in [3.8, 4) is 0 Å². The highest BCUT2D eigenvalue weighted by atomic mass is 32.2. The van der Waals surface area contributed by atoms with Crippen molar-refractivity contribution in [2.75, 3.05) is 17.7 Å². The second-order valence-electron chi connectivity index (χ2n) is 5.73. The van der Waals surface area contributed by atoms with Crippen molar-refractivity contribution < 1.29 is 13.8 Å². The zero-order valence-corrected chi connectivity index (χ0v) is 14.2. The minimum atomic E-state index is -1.07. The van der Waals surface area contributed by atoms with Crippen molar-refractivity contribution in [3.05, 3.63) is 42.2 Å². The standard InChI is InChI=1S/C16H18N4O3S/c1-19-10-13(8-17-19)20-9-12(7-15(20)21)18-16(22)11-3-5-14(6-4-11)24(2)23/h3-6,8,10,12H,7,9H2,1-2H3,(H,18,22). The largest absolute Gasteiger partial charge is 0.347 e. The Morgan fingerprint density at radius 3 is 2.62 bits per heavy atom. The molecule has 1 fully saturated rings. The number of nitrogens with zero attached hydrogens (tertiary/aromatic N) is 3. The Kier molecular flexibility index (Phi) is 4.48. The summed E-state index contributed by atoms with van der Waals surface area (Å²) in [6.07, 6.45) is 5.25. The maximum Gasteiger partial charge on any atom is 0.251 e. The second-order valence-corrected chi connectivity index (χ2v) is 7.11. The van der Waals surface area contributed by atoms with Gasteiger partial charge in [0.1, 0.15) is 0 Å². The van der Waals surface area contributed by atoms with Gasteiger partial charge in [0.25, 0.3) is 5.91 Å². The highest BCUT2D eigenvalue weighted by Gasteiger charge is 2.32. The first-order chi connectivity index (χ1) is 11.4. The van der Waals surface area contributed by atoms with Crippen LogP contribution in [0.15, 0.2) is 41.6 Å². The van der Waals surface area contributed by atoms with Crippen molar-refractivity contribution in [2.45, 2.75) is 17.4 Å². The quantitative estimate of drug-likeness (QED) is 0.883. The molecule has 8 heteroatoms. The number of aromatic nitrogens is 2. The summed E-state index contributed by atoms with van der Waals surface area (Å²) in [5.41, 5.74) is 1.21. The molecule has 0 spiro atoms. The van der Waals surface area contributed by atoms with Crippen molar-refractivity contribution in [3.63, 3.8) is 0 Å². The number of aryl methyl sites for hydroxylation is 1. The molecule has 1 aliphatic heterocycles. The number of amides is 2. The van der Waals surface area contributed by atoms with E-state index in [2.05, 4.69) is 10.4 Å². The van der Waals surface area contributed by atoms with E-state index in [1.807, 2.05) is 0 Å². The van der Waals surface area contributed by atoms with E-state index in [9.17, 15) is 13.8 Å². The lowest BCUT2D eigenvalue weighted by Gasteiger charge is -2.15. The number of carbonyl (C=O) groups excluding carboxylic acids is 2. The van der Waals surface area contributed by atoms with Gasteiger partial charge in [-0.15, -0.1) is 0 Å². The van der Waals surface area contributed by atoms with Gasteiger partial charge in [-0.3, -0.25) is 18.5 Å². The highest BCUT2D eigenvalue weighted by Crippen LogP contribution is 2.21. The molecule has 0 radical (unpaired) electrons. The molecule has 2 amide bonds. The van der Waals surface area contributed by atoms with Gasteiger partial charge in [-0.05, 0) is 24.3 Å². The Morgan fingerprint density at radius 1 is 1.33 bits per heavy atom. The average molecular weight is 346 g/mol. The Bertz CT molecular complexity index is 800. The smallest absolute Gasteiger partial charge is 0.251 e. The normalized spacial score (nSPS) is 18.7. The number of hydrogen-bond donors (Lipinski definition) is 1. The lowest BCUT2D eigenvalue weighted by Crippen LogP contribution is -2.37. The maximum atomic E-state index is 12.3. The molecule has 1 aromatic heterocycles. The van der Waals surface area contributed by atoms with Crippen molar-refractivity contribution in [2.24, 2.45) is 7.05 Å². The topological polar surface area (TPSA) is 84.3 Å². The minimum Gasteiger partial charge on any atom is -0.347 e. The molecule has 2 heterocycles. The molecule has 1 saturated heterocycles. The Labute approximate surface area is 142 Å². The second kappa shape index (κ2) is 6.56. The van der Waals surface area contributed by atoms with Crippen LogP contribution in [-0.2, 0) is 22.6 Å². The Hall–Kier alpha value is -2.48. The summed E-state index contributed by atoms with van der Waals surface area (Å²) in [5, 5.41) is 6.94. The van der Waals surface area contributed by atoms with Crippen molar-refractivity contribution in [1.29, 1.82) is 0 Å². The van der Waals surface area contributed by atoms with E-state index in [1.54, 1.807) is 59.5 Å². The van der Waals surface area contributed by atoms with Gasteiger partial charge in [-0.1, -0.05) is 0 Å². The van der Waals surface area contributed by atoms with Crippen LogP contribution in [0.4, 0.5) is 5.69 Å². The third-order valence-corrected chi connectivity index (χ3v) is 4.85. The van der Waals surface area contributed by atoms with Crippen molar-refractivity contribution in [1.82, 2.24) is 15.1 Å². The molecule has 126 valence electrons. The van der Waals surface area contributed by atoms with Crippen LogP contribution in [0, 0.1) is 0 Å². The van der Waals surface area contributed by atoms with Crippen molar-refractivity contribution >= 4 is 28.3 Å². The Morgan fingerprint density at radius 2 is 2.04 bits per heavy atom. The fourth-order valence-electron chi connectivity index (χ4n) is 2.67. The molecular formula is C16H18N4O3S. The monoisotopic (exact) mass is 346 g/mol. The van der Waals surface area contributed by atoms with E-state index in [1.165, 1.54) is 0 Å². The van der Waals surface area contributed by atoms with E-state index < -0.39 is 10.8 Å². The van der Waals surface area contributed by atoms with Gasteiger partial charge in [0.05, 0.1) is 17.9 Å². The molecule has 2 aromatic rings. The Balaban J connectivity index is 1.65. The number of carbonyl (C=O) groups is 2. The van der Waals surface area contributed by atoms with E-state index >= 15 is 0 Å². The fraction of sp³-hybridized carbons (Fsp3) is 0.312. The van der Waals surface area contributed by atoms with Gasteiger partial charge in [0.2, 0.25) is 5.91 Å². The SMILES string of the molecule is Cn1cc(N2CC(NC(=O)c3ccc(S(C)=O)cc3)CC2=O)cn1.